The molecule has 1 saturated heterocycles. The van der Waals surface area contributed by atoms with E-state index in [1.54, 1.807) is 0 Å². The van der Waals surface area contributed by atoms with E-state index < -0.39 is 22.0 Å². The van der Waals surface area contributed by atoms with Gasteiger partial charge in [-0.1, -0.05) is 13.8 Å². The van der Waals surface area contributed by atoms with Crippen molar-refractivity contribution < 1.29 is 18.0 Å². The average molecular weight is 360 g/mol. The van der Waals surface area contributed by atoms with Gasteiger partial charge in [-0.15, -0.1) is 0 Å². The first kappa shape index (κ1) is 19.1. The van der Waals surface area contributed by atoms with E-state index in [0.717, 1.165) is 25.7 Å². The summed E-state index contributed by atoms with van der Waals surface area (Å²) < 4.78 is 28.3. The Morgan fingerprint density at radius 2 is 1.58 bits per heavy atom. The molecule has 1 aliphatic heterocycles. The Morgan fingerprint density at radius 3 is 2.04 bits per heavy atom. The number of amides is 2. The first-order valence-corrected chi connectivity index (χ1v) is 10.1. The molecule has 1 heterocycles. The van der Waals surface area contributed by atoms with Gasteiger partial charge in [-0.2, -0.15) is 17.0 Å². The van der Waals surface area contributed by atoms with Crippen molar-refractivity contribution in [1.29, 1.82) is 0 Å². The van der Waals surface area contributed by atoms with E-state index in [2.05, 4.69) is 5.32 Å². The van der Waals surface area contributed by atoms with Gasteiger partial charge in [0, 0.05) is 45.3 Å². The Morgan fingerprint density at radius 1 is 1.04 bits per heavy atom. The van der Waals surface area contributed by atoms with Crippen LogP contribution in [0.5, 0.6) is 0 Å². The lowest BCUT2D eigenvalue weighted by molar-refractivity contribution is -0.146. The largest absolute Gasteiger partial charge is 0.345 e. The van der Waals surface area contributed by atoms with E-state index in [1.165, 1.54) is 13.5 Å². The molecule has 0 bridgehead atoms. The normalized spacial score (nSPS) is 19.5. The standard InChI is InChI=1S/C15H28N4O4S/c1-3-7-18(8-4-2)24(22,23)19-11-9-17(10-12-19)15(21)14(20)16-13-5-6-13/h13H,3-12H2,1-2H3,(H,16,20). The second kappa shape index (κ2) is 8.26. The molecule has 2 aliphatic rings. The molecule has 9 heteroatoms. The maximum atomic E-state index is 12.7. The molecular formula is C15H28N4O4S. The van der Waals surface area contributed by atoms with E-state index in [4.69, 9.17) is 0 Å². The van der Waals surface area contributed by atoms with Crippen LogP contribution in [0.4, 0.5) is 0 Å². The summed E-state index contributed by atoms with van der Waals surface area (Å²) in [6.07, 6.45) is 3.38. The summed E-state index contributed by atoms with van der Waals surface area (Å²) in [6, 6.07) is 0.139. The zero-order chi connectivity index (χ0) is 17.7. The molecule has 0 unspecified atom stereocenters. The number of carbonyl (C=O) groups excluding carboxylic acids is 2. The molecule has 0 aromatic rings. The van der Waals surface area contributed by atoms with E-state index in [9.17, 15) is 18.0 Å². The molecule has 24 heavy (non-hydrogen) atoms. The van der Waals surface area contributed by atoms with Crippen molar-refractivity contribution in [3.63, 3.8) is 0 Å². The van der Waals surface area contributed by atoms with E-state index in [0.29, 0.717) is 13.1 Å². The van der Waals surface area contributed by atoms with Gasteiger partial charge >= 0.3 is 11.8 Å². The third-order valence-electron chi connectivity index (χ3n) is 4.23. The fraction of sp³-hybridized carbons (Fsp3) is 0.867. The highest BCUT2D eigenvalue weighted by atomic mass is 32.2. The number of hydrogen-bond acceptors (Lipinski definition) is 4. The Balaban J connectivity index is 1.90. The highest BCUT2D eigenvalue weighted by Gasteiger charge is 2.35. The molecule has 0 atom stereocenters. The molecule has 1 aliphatic carbocycles. The Hall–Kier alpha value is -1.19. The number of nitrogens with zero attached hydrogens (tertiary/aromatic N) is 3. The summed E-state index contributed by atoms with van der Waals surface area (Å²) in [7, 11) is -3.50. The average Bonchev–Trinajstić information content (AvgIpc) is 3.38. The molecule has 8 nitrogen and oxygen atoms in total. The topological polar surface area (TPSA) is 90.0 Å². The van der Waals surface area contributed by atoms with Crippen molar-refractivity contribution in [3.8, 4) is 0 Å². The van der Waals surface area contributed by atoms with Crippen LogP contribution in [0.25, 0.3) is 0 Å². The fourth-order valence-corrected chi connectivity index (χ4v) is 4.52. The van der Waals surface area contributed by atoms with Gasteiger partial charge in [0.1, 0.15) is 0 Å². The first-order valence-electron chi connectivity index (χ1n) is 8.75. The second-order valence-corrected chi connectivity index (χ2v) is 8.27. The van der Waals surface area contributed by atoms with Crippen LogP contribution in [0.15, 0.2) is 0 Å². The lowest BCUT2D eigenvalue weighted by Gasteiger charge is -2.36. The van der Waals surface area contributed by atoms with Crippen molar-refractivity contribution in [1.82, 2.24) is 18.8 Å². The molecule has 2 amide bonds. The Kier molecular flexibility index (Phi) is 6.59. The Labute approximate surface area is 144 Å². The molecule has 0 aromatic heterocycles. The summed E-state index contributed by atoms with van der Waals surface area (Å²) in [5.74, 6) is -1.13. The summed E-state index contributed by atoms with van der Waals surface area (Å²) in [4.78, 5) is 25.3. The van der Waals surface area contributed by atoms with Crippen LogP contribution in [-0.2, 0) is 19.8 Å². The van der Waals surface area contributed by atoms with Gasteiger partial charge in [0.15, 0.2) is 0 Å². The second-order valence-electron chi connectivity index (χ2n) is 6.35. The summed E-state index contributed by atoms with van der Waals surface area (Å²) >= 11 is 0. The van der Waals surface area contributed by atoms with Crippen LogP contribution in [0, 0.1) is 0 Å². The smallest absolute Gasteiger partial charge is 0.311 e. The summed E-state index contributed by atoms with van der Waals surface area (Å²) in [6.45, 7) is 5.87. The van der Waals surface area contributed by atoms with Crippen LogP contribution < -0.4 is 5.32 Å². The maximum Gasteiger partial charge on any atom is 0.311 e. The van der Waals surface area contributed by atoms with Gasteiger partial charge in [-0.3, -0.25) is 9.59 Å². The van der Waals surface area contributed by atoms with Crippen molar-refractivity contribution in [2.45, 2.75) is 45.6 Å². The molecular weight excluding hydrogens is 332 g/mol. The van der Waals surface area contributed by atoms with Gasteiger partial charge in [-0.25, -0.2) is 0 Å². The minimum atomic E-state index is -3.50. The quantitative estimate of drug-likeness (QED) is 0.636. The summed E-state index contributed by atoms with van der Waals surface area (Å²) in [5, 5.41) is 2.67. The fourth-order valence-electron chi connectivity index (χ4n) is 2.74. The van der Waals surface area contributed by atoms with Crippen LogP contribution >= 0.6 is 0 Å². The molecule has 1 saturated carbocycles. The molecule has 1 N–H and O–H groups in total. The van der Waals surface area contributed by atoms with Gasteiger partial charge in [0.05, 0.1) is 0 Å². The molecule has 0 spiro atoms. The number of carbonyl (C=O) groups is 2. The molecule has 2 fully saturated rings. The zero-order valence-electron chi connectivity index (χ0n) is 14.5. The third kappa shape index (κ3) is 4.67. The minimum absolute atomic E-state index is 0.139. The summed E-state index contributed by atoms with van der Waals surface area (Å²) in [5.41, 5.74) is 0. The van der Waals surface area contributed by atoms with Crippen molar-refractivity contribution in [2.24, 2.45) is 0 Å². The van der Waals surface area contributed by atoms with Crippen molar-refractivity contribution in [3.05, 3.63) is 0 Å². The predicted molar refractivity (Wildman–Crippen MR) is 90.4 cm³/mol. The highest BCUT2D eigenvalue weighted by molar-refractivity contribution is 7.86. The molecule has 0 aromatic carbocycles. The monoisotopic (exact) mass is 360 g/mol. The number of hydrogen-bond donors (Lipinski definition) is 1. The lowest BCUT2D eigenvalue weighted by Crippen LogP contribution is -2.56. The number of nitrogens with one attached hydrogen (secondary N) is 1. The Bertz CT molecular complexity index is 548. The first-order chi connectivity index (χ1) is 11.4. The van der Waals surface area contributed by atoms with Gasteiger partial charge < -0.3 is 10.2 Å². The van der Waals surface area contributed by atoms with Gasteiger partial charge in [-0.05, 0) is 25.7 Å². The van der Waals surface area contributed by atoms with Crippen LogP contribution in [0.2, 0.25) is 0 Å². The minimum Gasteiger partial charge on any atom is -0.345 e. The highest BCUT2D eigenvalue weighted by Crippen LogP contribution is 2.19. The van der Waals surface area contributed by atoms with Gasteiger partial charge in [0.25, 0.3) is 10.2 Å². The van der Waals surface area contributed by atoms with E-state index in [1.807, 2.05) is 13.8 Å². The molecule has 2 rings (SSSR count). The van der Waals surface area contributed by atoms with Crippen molar-refractivity contribution >= 4 is 22.0 Å². The molecule has 138 valence electrons. The number of piperazine rings is 1. The lowest BCUT2D eigenvalue weighted by atomic mass is 10.3. The van der Waals surface area contributed by atoms with Crippen LogP contribution in [-0.4, -0.2) is 79.1 Å². The predicted octanol–water partition coefficient (Wildman–Crippen LogP) is -0.224. The van der Waals surface area contributed by atoms with Crippen LogP contribution in [0.3, 0.4) is 0 Å². The van der Waals surface area contributed by atoms with Crippen LogP contribution in [0.1, 0.15) is 39.5 Å². The van der Waals surface area contributed by atoms with E-state index in [-0.39, 0.29) is 32.2 Å². The maximum absolute atomic E-state index is 12.7. The van der Waals surface area contributed by atoms with E-state index >= 15 is 0 Å². The van der Waals surface area contributed by atoms with Crippen molar-refractivity contribution in [2.75, 3.05) is 39.3 Å². The third-order valence-corrected chi connectivity index (χ3v) is 6.27. The zero-order valence-corrected chi connectivity index (χ0v) is 15.3. The van der Waals surface area contributed by atoms with Gasteiger partial charge in [0.2, 0.25) is 0 Å². The number of rotatable bonds is 7. The molecule has 0 radical (unpaired) electrons. The SMILES string of the molecule is CCCN(CCC)S(=O)(=O)N1CCN(C(=O)C(=O)NC2CC2)CC1.